The van der Waals surface area contributed by atoms with Crippen LogP contribution in [-0.4, -0.2) is 22.4 Å². The first-order valence-electron chi connectivity index (χ1n) is 4.09. The van der Waals surface area contributed by atoms with Crippen molar-refractivity contribution in [3.8, 4) is 0 Å². The van der Waals surface area contributed by atoms with E-state index in [9.17, 15) is 4.79 Å². The molecule has 1 amide bonds. The van der Waals surface area contributed by atoms with Crippen molar-refractivity contribution in [3.05, 3.63) is 18.0 Å². The zero-order chi connectivity index (χ0) is 9.68. The Morgan fingerprint density at radius 2 is 2.15 bits per heavy atom. The van der Waals surface area contributed by atoms with Crippen molar-refractivity contribution in [2.75, 3.05) is 11.9 Å². The molecule has 70 valence electrons. The molecule has 1 aromatic rings. The van der Waals surface area contributed by atoms with Gasteiger partial charge in [-0.15, -0.1) is 0 Å². The van der Waals surface area contributed by atoms with Crippen LogP contribution in [0.15, 0.2) is 12.4 Å². The largest absolute Gasteiger partial charge is 0.366 e. The van der Waals surface area contributed by atoms with Crippen LogP contribution in [0.3, 0.4) is 0 Å². The van der Waals surface area contributed by atoms with Crippen LogP contribution in [0.25, 0.3) is 0 Å². The summed E-state index contributed by atoms with van der Waals surface area (Å²) in [5, 5.41) is 2.99. The highest BCUT2D eigenvalue weighted by atomic mass is 16.1. The molecule has 3 N–H and O–H groups in total. The number of hydrogen-bond acceptors (Lipinski definition) is 4. The van der Waals surface area contributed by atoms with E-state index in [0.29, 0.717) is 11.5 Å². The number of hydrogen-bond donors (Lipinski definition) is 2. The lowest BCUT2D eigenvalue weighted by atomic mass is 10.3. The average Bonchev–Trinajstić information content (AvgIpc) is 2.15. The molecule has 0 unspecified atom stereocenters. The lowest BCUT2D eigenvalue weighted by molar-refractivity contribution is 0.0999. The maximum Gasteiger partial charge on any atom is 0.251 e. The fourth-order valence-electron chi connectivity index (χ4n) is 0.783. The molecule has 0 radical (unpaired) electrons. The van der Waals surface area contributed by atoms with E-state index in [1.54, 1.807) is 0 Å². The fraction of sp³-hybridized carbons (Fsp3) is 0.375. The molecule has 0 saturated carbocycles. The summed E-state index contributed by atoms with van der Waals surface area (Å²) in [5.41, 5.74) is 5.35. The Kier molecular flexibility index (Phi) is 3.19. The van der Waals surface area contributed by atoms with Crippen molar-refractivity contribution in [1.29, 1.82) is 0 Å². The second kappa shape index (κ2) is 4.39. The SMILES string of the molecule is CCCNc1ncc(C(N)=O)cn1. The number of carbonyl (C=O) groups is 1. The minimum atomic E-state index is -0.512. The number of amides is 1. The van der Waals surface area contributed by atoms with E-state index in [1.165, 1.54) is 12.4 Å². The van der Waals surface area contributed by atoms with Crippen molar-refractivity contribution in [1.82, 2.24) is 9.97 Å². The van der Waals surface area contributed by atoms with E-state index in [1.807, 2.05) is 6.92 Å². The summed E-state index contributed by atoms with van der Waals surface area (Å²) < 4.78 is 0. The molecular weight excluding hydrogens is 168 g/mol. The number of aromatic nitrogens is 2. The summed E-state index contributed by atoms with van der Waals surface area (Å²) in [7, 11) is 0. The predicted octanol–water partition coefficient (Wildman–Crippen LogP) is 0.397. The number of rotatable bonds is 4. The maximum atomic E-state index is 10.6. The van der Waals surface area contributed by atoms with E-state index in [-0.39, 0.29) is 0 Å². The van der Waals surface area contributed by atoms with Crippen molar-refractivity contribution in [2.24, 2.45) is 5.73 Å². The molecular formula is C8H12N4O. The van der Waals surface area contributed by atoms with Gasteiger partial charge in [0, 0.05) is 18.9 Å². The first kappa shape index (κ1) is 9.44. The molecule has 0 bridgehead atoms. The summed E-state index contributed by atoms with van der Waals surface area (Å²) >= 11 is 0. The van der Waals surface area contributed by atoms with E-state index < -0.39 is 5.91 Å². The molecule has 1 rings (SSSR count). The molecule has 5 heteroatoms. The summed E-state index contributed by atoms with van der Waals surface area (Å²) in [4.78, 5) is 18.5. The van der Waals surface area contributed by atoms with Crippen molar-refractivity contribution in [3.63, 3.8) is 0 Å². The topological polar surface area (TPSA) is 80.9 Å². The zero-order valence-corrected chi connectivity index (χ0v) is 7.45. The van der Waals surface area contributed by atoms with Crippen LogP contribution in [-0.2, 0) is 0 Å². The maximum absolute atomic E-state index is 10.6. The van der Waals surface area contributed by atoms with E-state index in [2.05, 4.69) is 15.3 Å². The monoisotopic (exact) mass is 180 g/mol. The normalized spacial score (nSPS) is 9.62. The molecule has 0 aliphatic heterocycles. The van der Waals surface area contributed by atoms with Crippen LogP contribution in [0, 0.1) is 0 Å². The van der Waals surface area contributed by atoms with Crippen molar-refractivity contribution >= 4 is 11.9 Å². The van der Waals surface area contributed by atoms with Crippen molar-refractivity contribution in [2.45, 2.75) is 13.3 Å². The Morgan fingerprint density at radius 3 is 2.62 bits per heavy atom. The third kappa shape index (κ3) is 2.70. The molecule has 0 aromatic carbocycles. The quantitative estimate of drug-likeness (QED) is 0.702. The lowest BCUT2D eigenvalue weighted by Gasteiger charge is -2.01. The van der Waals surface area contributed by atoms with E-state index in [4.69, 9.17) is 5.73 Å². The van der Waals surface area contributed by atoms with Gasteiger partial charge in [-0.1, -0.05) is 6.92 Å². The Bertz CT molecular complexity index is 283. The van der Waals surface area contributed by atoms with Gasteiger partial charge in [-0.2, -0.15) is 0 Å². The number of anilines is 1. The minimum Gasteiger partial charge on any atom is -0.366 e. The van der Waals surface area contributed by atoms with Gasteiger partial charge in [-0.05, 0) is 6.42 Å². The predicted molar refractivity (Wildman–Crippen MR) is 49.3 cm³/mol. The molecule has 0 saturated heterocycles. The van der Waals surface area contributed by atoms with Gasteiger partial charge < -0.3 is 11.1 Å². The van der Waals surface area contributed by atoms with Crippen LogP contribution in [0.1, 0.15) is 23.7 Å². The third-order valence-corrected chi connectivity index (χ3v) is 1.47. The molecule has 0 spiro atoms. The van der Waals surface area contributed by atoms with Crippen LogP contribution in [0.4, 0.5) is 5.95 Å². The van der Waals surface area contributed by atoms with Gasteiger partial charge in [-0.3, -0.25) is 4.79 Å². The van der Waals surface area contributed by atoms with Gasteiger partial charge in [0.15, 0.2) is 0 Å². The minimum absolute atomic E-state index is 0.321. The second-order valence-corrected chi connectivity index (χ2v) is 2.59. The van der Waals surface area contributed by atoms with Crippen LogP contribution < -0.4 is 11.1 Å². The van der Waals surface area contributed by atoms with Gasteiger partial charge in [0.2, 0.25) is 5.95 Å². The standard InChI is InChI=1S/C8H12N4O/c1-2-3-10-8-11-4-6(5-12-8)7(9)13/h4-5H,2-3H2,1H3,(H2,9,13)(H,10,11,12). The van der Waals surface area contributed by atoms with Crippen LogP contribution >= 0.6 is 0 Å². The highest BCUT2D eigenvalue weighted by Gasteiger charge is 2.00. The second-order valence-electron chi connectivity index (χ2n) is 2.59. The van der Waals surface area contributed by atoms with Crippen molar-refractivity contribution < 1.29 is 4.79 Å². The number of nitrogens with zero attached hydrogens (tertiary/aromatic N) is 2. The first-order valence-corrected chi connectivity index (χ1v) is 4.09. The molecule has 0 aliphatic rings. The summed E-state index contributed by atoms with van der Waals surface area (Å²) in [6.45, 7) is 2.86. The number of nitrogens with one attached hydrogen (secondary N) is 1. The Balaban J connectivity index is 2.64. The number of carbonyl (C=O) groups excluding carboxylic acids is 1. The molecule has 0 fully saturated rings. The number of primary amides is 1. The van der Waals surface area contributed by atoms with Gasteiger partial charge >= 0.3 is 0 Å². The van der Waals surface area contributed by atoms with Gasteiger partial charge in [-0.25, -0.2) is 9.97 Å². The summed E-state index contributed by atoms with van der Waals surface area (Å²) in [5.74, 6) is 0.00823. The molecule has 1 aromatic heterocycles. The fourth-order valence-corrected chi connectivity index (χ4v) is 0.783. The average molecular weight is 180 g/mol. The zero-order valence-electron chi connectivity index (χ0n) is 7.45. The smallest absolute Gasteiger partial charge is 0.251 e. The number of nitrogens with two attached hydrogens (primary N) is 1. The Hall–Kier alpha value is -1.65. The molecule has 1 heterocycles. The first-order chi connectivity index (χ1) is 6.24. The molecule has 5 nitrogen and oxygen atoms in total. The van der Waals surface area contributed by atoms with Gasteiger partial charge in [0.25, 0.3) is 5.91 Å². The highest BCUT2D eigenvalue weighted by Crippen LogP contribution is 1.98. The summed E-state index contributed by atoms with van der Waals surface area (Å²) in [6.07, 6.45) is 3.82. The third-order valence-electron chi connectivity index (χ3n) is 1.47. The Morgan fingerprint density at radius 1 is 1.54 bits per heavy atom. The van der Waals surface area contributed by atoms with Crippen LogP contribution in [0.5, 0.6) is 0 Å². The lowest BCUT2D eigenvalue weighted by Crippen LogP contribution is -2.12. The van der Waals surface area contributed by atoms with E-state index in [0.717, 1.165) is 13.0 Å². The van der Waals surface area contributed by atoms with E-state index >= 15 is 0 Å². The molecule has 13 heavy (non-hydrogen) atoms. The molecule has 0 atom stereocenters. The Labute approximate surface area is 76.4 Å². The molecule has 0 aliphatic carbocycles. The summed E-state index contributed by atoms with van der Waals surface area (Å²) in [6, 6.07) is 0. The van der Waals surface area contributed by atoms with Gasteiger partial charge in [0.05, 0.1) is 5.56 Å². The highest BCUT2D eigenvalue weighted by molar-refractivity contribution is 5.92. The van der Waals surface area contributed by atoms with Gasteiger partial charge in [0.1, 0.15) is 0 Å². The van der Waals surface area contributed by atoms with Crippen LogP contribution in [0.2, 0.25) is 0 Å².